The molecule has 0 spiro atoms. The van der Waals surface area contributed by atoms with Crippen LogP contribution in [0.5, 0.6) is 0 Å². The average Bonchev–Trinajstić information content (AvgIpc) is 2.98. The van der Waals surface area contributed by atoms with Crippen molar-refractivity contribution < 1.29 is 13.2 Å². The zero-order valence-corrected chi connectivity index (χ0v) is 15.9. The highest BCUT2D eigenvalue weighted by Gasteiger charge is 2.30. The van der Waals surface area contributed by atoms with E-state index in [9.17, 15) is 13.2 Å². The third kappa shape index (κ3) is 4.82. The highest BCUT2D eigenvalue weighted by atomic mass is 32.2. The Morgan fingerprint density at radius 3 is 2.21 bits per heavy atom. The van der Waals surface area contributed by atoms with Crippen LogP contribution in [0.3, 0.4) is 0 Å². The van der Waals surface area contributed by atoms with Gasteiger partial charge in [-0.05, 0) is 36.3 Å². The number of sulfone groups is 1. The van der Waals surface area contributed by atoms with Gasteiger partial charge in [0, 0.05) is 6.04 Å². The molecule has 0 bridgehead atoms. The van der Waals surface area contributed by atoms with E-state index in [-0.39, 0.29) is 23.1 Å². The molecule has 0 heterocycles. The molecule has 0 unspecified atom stereocenters. The molecule has 1 fully saturated rings. The van der Waals surface area contributed by atoms with E-state index in [0.29, 0.717) is 0 Å². The molecule has 1 N–H and O–H groups in total. The molecule has 0 aromatic heterocycles. The topological polar surface area (TPSA) is 63.2 Å². The lowest BCUT2D eigenvalue weighted by molar-refractivity contribution is -0.121. The molecule has 1 aromatic rings. The van der Waals surface area contributed by atoms with Gasteiger partial charge >= 0.3 is 0 Å². The summed E-state index contributed by atoms with van der Waals surface area (Å²) in [6.45, 7) is 7.85. The van der Waals surface area contributed by atoms with E-state index >= 15 is 0 Å². The molecule has 24 heavy (non-hydrogen) atoms. The predicted molar refractivity (Wildman–Crippen MR) is 97.6 cm³/mol. The Bertz CT molecular complexity index is 666. The zero-order valence-electron chi connectivity index (χ0n) is 15.1. The highest BCUT2D eigenvalue weighted by Crippen LogP contribution is 2.23. The lowest BCUT2D eigenvalue weighted by Crippen LogP contribution is -2.42. The van der Waals surface area contributed by atoms with Crippen molar-refractivity contribution in [1.29, 1.82) is 0 Å². The van der Waals surface area contributed by atoms with Crippen LogP contribution in [0.25, 0.3) is 0 Å². The van der Waals surface area contributed by atoms with Gasteiger partial charge in [-0.15, -0.1) is 0 Å². The van der Waals surface area contributed by atoms with Crippen molar-refractivity contribution in [3.8, 4) is 0 Å². The summed E-state index contributed by atoms with van der Waals surface area (Å²) in [7, 11) is -3.51. The Labute approximate surface area is 146 Å². The molecular weight excluding hydrogens is 322 g/mol. The van der Waals surface area contributed by atoms with E-state index in [2.05, 4.69) is 26.1 Å². The van der Waals surface area contributed by atoms with Crippen molar-refractivity contribution in [2.75, 3.05) is 0 Å². The largest absolute Gasteiger partial charge is 0.352 e. The van der Waals surface area contributed by atoms with Gasteiger partial charge in [0.1, 0.15) is 5.25 Å². The summed E-state index contributed by atoms with van der Waals surface area (Å²) in [5, 5.41) is 1.87. The monoisotopic (exact) mass is 351 g/mol. The quantitative estimate of drug-likeness (QED) is 0.885. The second-order valence-corrected chi connectivity index (χ2v) is 10.2. The Balaban J connectivity index is 2.02. The molecule has 1 amide bonds. The number of rotatable bonds is 5. The van der Waals surface area contributed by atoms with E-state index in [4.69, 9.17) is 0 Å². The van der Waals surface area contributed by atoms with Gasteiger partial charge in [0.15, 0.2) is 9.84 Å². The van der Waals surface area contributed by atoms with Crippen LogP contribution >= 0.6 is 0 Å². The van der Waals surface area contributed by atoms with Gasteiger partial charge in [0.2, 0.25) is 5.91 Å². The second-order valence-electron chi connectivity index (χ2n) is 7.89. The van der Waals surface area contributed by atoms with Crippen LogP contribution < -0.4 is 5.32 Å². The number of hydrogen-bond acceptors (Lipinski definition) is 3. The Morgan fingerprint density at radius 2 is 1.71 bits per heavy atom. The summed E-state index contributed by atoms with van der Waals surface area (Å²) in [5.74, 6) is -0.468. The van der Waals surface area contributed by atoms with Crippen molar-refractivity contribution in [3.63, 3.8) is 0 Å². The smallest absolute Gasteiger partial charge is 0.238 e. The fourth-order valence-corrected chi connectivity index (χ4v) is 4.31. The van der Waals surface area contributed by atoms with Gasteiger partial charge in [0.25, 0.3) is 0 Å². The van der Waals surface area contributed by atoms with E-state index in [0.717, 1.165) is 36.8 Å². The molecule has 4 nitrogen and oxygen atoms in total. The minimum atomic E-state index is -3.51. The van der Waals surface area contributed by atoms with Gasteiger partial charge in [0.05, 0.1) is 5.75 Å². The van der Waals surface area contributed by atoms with Crippen molar-refractivity contribution >= 4 is 15.7 Å². The summed E-state index contributed by atoms with van der Waals surface area (Å²) < 4.78 is 25.1. The number of nitrogens with one attached hydrogen (secondary N) is 1. The van der Waals surface area contributed by atoms with Crippen LogP contribution in [-0.4, -0.2) is 25.6 Å². The van der Waals surface area contributed by atoms with Gasteiger partial charge in [-0.1, -0.05) is 57.9 Å². The zero-order chi connectivity index (χ0) is 18.0. The summed E-state index contributed by atoms with van der Waals surface area (Å²) in [5.41, 5.74) is 1.92. The molecule has 134 valence electrons. The van der Waals surface area contributed by atoms with E-state index in [1.54, 1.807) is 0 Å². The minimum absolute atomic E-state index is 0.0336. The van der Waals surface area contributed by atoms with Crippen molar-refractivity contribution in [2.24, 2.45) is 0 Å². The van der Waals surface area contributed by atoms with Crippen LogP contribution in [-0.2, 0) is 25.8 Å². The SMILES string of the molecule is C[C@@H](C(=O)NC1CCCC1)S(=O)(=O)Cc1ccc(C(C)(C)C)cc1. The first-order valence-corrected chi connectivity index (χ1v) is 10.4. The van der Waals surface area contributed by atoms with Crippen LogP contribution in [0.15, 0.2) is 24.3 Å². The maximum absolute atomic E-state index is 12.5. The lowest BCUT2D eigenvalue weighted by Gasteiger charge is -2.20. The Hall–Kier alpha value is -1.36. The fourth-order valence-electron chi connectivity index (χ4n) is 3.01. The third-order valence-electron chi connectivity index (χ3n) is 4.80. The Kier molecular flexibility index (Phi) is 5.74. The molecule has 1 aromatic carbocycles. The average molecular weight is 352 g/mol. The summed E-state index contributed by atoms with van der Waals surface area (Å²) in [4.78, 5) is 12.2. The van der Waals surface area contributed by atoms with Crippen molar-refractivity contribution in [1.82, 2.24) is 5.32 Å². The van der Waals surface area contributed by atoms with Crippen LogP contribution in [0.2, 0.25) is 0 Å². The van der Waals surface area contributed by atoms with Crippen molar-refractivity contribution in [2.45, 2.75) is 75.8 Å². The molecule has 1 aliphatic rings. The molecule has 0 aliphatic heterocycles. The molecule has 5 heteroatoms. The van der Waals surface area contributed by atoms with E-state index in [1.165, 1.54) is 6.92 Å². The molecule has 1 saturated carbocycles. The summed E-state index contributed by atoms with van der Waals surface area (Å²) >= 11 is 0. The number of carbonyl (C=O) groups is 1. The van der Waals surface area contributed by atoms with Gasteiger partial charge in [-0.2, -0.15) is 0 Å². The van der Waals surface area contributed by atoms with Gasteiger partial charge in [-0.3, -0.25) is 4.79 Å². The summed E-state index contributed by atoms with van der Waals surface area (Å²) in [6.07, 6.45) is 4.11. The molecule has 0 radical (unpaired) electrons. The molecule has 0 saturated heterocycles. The third-order valence-corrected chi connectivity index (χ3v) is 6.82. The standard InChI is InChI=1S/C19H29NO3S/c1-14(18(21)20-17-7-5-6-8-17)24(22,23)13-15-9-11-16(12-10-15)19(2,3)4/h9-12,14,17H,5-8,13H2,1-4H3,(H,20,21)/t14-/m0/s1. The van der Waals surface area contributed by atoms with Crippen LogP contribution in [0.4, 0.5) is 0 Å². The molecule has 2 rings (SSSR count). The normalized spacial score (nSPS) is 17.7. The Morgan fingerprint density at radius 1 is 1.17 bits per heavy atom. The van der Waals surface area contributed by atoms with Gasteiger partial charge in [-0.25, -0.2) is 8.42 Å². The minimum Gasteiger partial charge on any atom is -0.352 e. The van der Waals surface area contributed by atoms with E-state index < -0.39 is 15.1 Å². The number of benzene rings is 1. The first-order chi connectivity index (χ1) is 11.1. The fraction of sp³-hybridized carbons (Fsp3) is 0.632. The highest BCUT2D eigenvalue weighted by molar-refractivity contribution is 7.92. The maximum Gasteiger partial charge on any atom is 0.238 e. The van der Waals surface area contributed by atoms with Crippen molar-refractivity contribution in [3.05, 3.63) is 35.4 Å². The van der Waals surface area contributed by atoms with Crippen LogP contribution in [0.1, 0.15) is 64.5 Å². The summed E-state index contributed by atoms with van der Waals surface area (Å²) in [6, 6.07) is 7.77. The van der Waals surface area contributed by atoms with E-state index in [1.807, 2.05) is 24.3 Å². The van der Waals surface area contributed by atoms with Crippen LogP contribution in [0, 0.1) is 0 Å². The number of carbonyl (C=O) groups excluding carboxylic acids is 1. The molecule has 1 aliphatic carbocycles. The second kappa shape index (κ2) is 7.26. The lowest BCUT2D eigenvalue weighted by atomic mass is 9.87. The first kappa shape index (κ1) is 19.0. The first-order valence-electron chi connectivity index (χ1n) is 8.71. The number of amides is 1. The predicted octanol–water partition coefficient (Wildman–Crippen LogP) is 3.35. The molecule has 1 atom stereocenters. The number of hydrogen-bond donors (Lipinski definition) is 1. The molecular formula is C19H29NO3S. The maximum atomic E-state index is 12.5. The van der Waals surface area contributed by atoms with Gasteiger partial charge < -0.3 is 5.32 Å².